The Morgan fingerprint density at radius 3 is 2.76 bits per heavy atom. The van der Waals surface area contributed by atoms with Gasteiger partial charge in [0.2, 0.25) is 5.91 Å². The lowest BCUT2D eigenvalue weighted by atomic mass is 9.88. The van der Waals surface area contributed by atoms with E-state index in [1.54, 1.807) is 0 Å². The van der Waals surface area contributed by atoms with Crippen LogP contribution in [0, 0.1) is 24.7 Å². The number of hydrogen-bond acceptors (Lipinski definition) is 2. The van der Waals surface area contributed by atoms with E-state index in [9.17, 15) is 9.90 Å². The van der Waals surface area contributed by atoms with Crippen LogP contribution in [0.4, 0.5) is 5.69 Å². The fourth-order valence-corrected chi connectivity index (χ4v) is 5.54. The number of amides is 1. The van der Waals surface area contributed by atoms with Gasteiger partial charge in [0, 0.05) is 18.0 Å². The number of carbonyl (C=O) groups excluding carboxylic acids is 1. The van der Waals surface area contributed by atoms with Crippen molar-refractivity contribution < 1.29 is 9.90 Å². The second kappa shape index (κ2) is 11.5. The monoisotopic (exact) mass is 443 g/mol. The normalized spacial score (nSPS) is 24.1. The van der Waals surface area contributed by atoms with E-state index in [0.717, 1.165) is 50.6 Å². The zero-order valence-electron chi connectivity index (χ0n) is 19.7. The number of fused-ring (bicyclic) bond motifs is 1. The van der Waals surface area contributed by atoms with Crippen LogP contribution in [0.1, 0.15) is 56.1 Å². The molecule has 2 aliphatic carbocycles. The van der Waals surface area contributed by atoms with Gasteiger partial charge in [0.05, 0.1) is 6.10 Å². The van der Waals surface area contributed by atoms with Gasteiger partial charge in [0.15, 0.2) is 0 Å². The van der Waals surface area contributed by atoms with Gasteiger partial charge in [0.1, 0.15) is 0 Å². The molecular formula is C30H37NO2. The number of aliphatic hydroxyl groups is 1. The van der Waals surface area contributed by atoms with Crippen LogP contribution >= 0.6 is 0 Å². The maximum absolute atomic E-state index is 12.1. The second-order valence-corrected chi connectivity index (χ2v) is 9.81. The second-order valence-electron chi connectivity index (χ2n) is 9.81. The molecule has 0 saturated heterocycles. The molecule has 33 heavy (non-hydrogen) atoms. The molecular weight excluding hydrogens is 406 g/mol. The number of para-hydroxylation sites is 1. The lowest BCUT2D eigenvalue weighted by Crippen LogP contribution is -2.17. The minimum Gasteiger partial charge on any atom is -0.392 e. The Morgan fingerprint density at radius 2 is 1.94 bits per heavy atom. The predicted octanol–water partition coefficient (Wildman–Crippen LogP) is 6.63. The Kier molecular flexibility index (Phi) is 8.17. The highest BCUT2D eigenvalue weighted by Crippen LogP contribution is 2.48. The molecule has 0 aromatic heterocycles. The summed E-state index contributed by atoms with van der Waals surface area (Å²) in [6.45, 7) is 2.14. The number of unbranched alkanes of at least 4 members (excludes halogenated alkanes) is 1. The van der Waals surface area contributed by atoms with Crippen LogP contribution in [-0.4, -0.2) is 17.1 Å². The zero-order valence-corrected chi connectivity index (χ0v) is 19.7. The largest absolute Gasteiger partial charge is 0.392 e. The number of nitrogens with one attached hydrogen (secondary N) is 1. The first-order chi connectivity index (χ1) is 16.1. The summed E-state index contributed by atoms with van der Waals surface area (Å²) in [5, 5.41) is 13.6. The van der Waals surface area contributed by atoms with Crippen LogP contribution in [0.2, 0.25) is 0 Å². The molecule has 2 N–H and O–H groups in total. The molecule has 1 amide bonds. The number of aliphatic hydroxyl groups excluding tert-OH is 1. The number of benzene rings is 2. The molecule has 3 nitrogen and oxygen atoms in total. The summed E-state index contributed by atoms with van der Waals surface area (Å²) in [6.07, 6.45) is 14.5. The Balaban J connectivity index is 1.17. The van der Waals surface area contributed by atoms with E-state index >= 15 is 0 Å². The molecule has 4 atom stereocenters. The first-order valence-corrected chi connectivity index (χ1v) is 12.5. The third-order valence-corrected chi connectivity index (χ3v) is 7.20. The number of carbonyl (C=O) groups is 1. The highest BCUT2D eigenvalue weighted by atomic mass is 16.3. The molecule has 0 aliphatic heterocycles. The number of hydrogen-bond donors (Lipinski definition) is 2. The molecule has 174 valence electrons. The van der Waals surface area contributed by atoms with Crippen molar-refractivity contribution in [1.82, 2.24) is 0 Å². The summed E-state index contributed by atoms with van der Waals surface area (Å²) >= 11 is 0. The minimum atomic E-state index is -0.213. The topological polar surface area (TPSA) is 49.3 Å². The van der Waals surface area contributed by atoms with Crippen molar-refractivity contribution in [3.8, 4) is 0 Å². The van der Waals surface area contributed by atoms with Gasteiger partial charge in [0.25, 0.3) is 0 Å². The molecule has 2 aliphatic rings. The fourth-order valence-electron chi connectivity index (χ4n) is 5.54. The van der Waals surface area contributed by atoms with Crippen molar-refractivity contribution in [1.29, 1.82) is 0 Å². The summed E-state index contributed by atoms with van der Waals surface area (Å²) in [6, 6.07) is 18.4. The molecule has 0 radical (unpaired) electrons. The molecule has 1 saturated carbocycles. The summed E-state index contributed by atoms with van der Waals surface area (Å²) < 4.78 is 0. The number of aryl methyl sites for hydroxylation is 2. The molecule has 3 heteroatoms. The highest BCUT2D eigenvalue weighted by Gasteiger charge is 2.43. The molecule has 0 spiro atoms. The van der Waals surface area contributed by atoms with Gasteiger partial charge in [-0.2, -0.15) is 0 Å². The maximum Gasteiger partial charge on any atom is 0.224 e. The predicted molar refractivity (Wildman–Crippen MR) is 136 cm³/mol. The molecule has 2 aromatic carbocycles. The van der Waals surface area contributed by atoms with Crippen molar-refractivity contribution >= 4 is 11.6 Å². The van der Waals surface area contributed by atoms with Gasteiger partial charge in [-0.15, -0.1) is 0 Å². The summed E-state index contributed by atoms with van der Waals surface area (Å²) in [7, 11) is 0. The van der Waals surface area contributed by atoms with Crippen LogP contribution in [-0.2, 0) is 11.2 Å². The van der Waals surface area contributed by atoms with Crippen LogP contribution in [0.15, 0.2) is 78.4 Å². The van der Waals surface area contributed by atoms with Gasteiger partial charge in [-0.3, -0.25) is 4.79 Å². The first-order valence-electron chi connectivity index (χ1n) is 12.5. The lowest BCUT2D eigenvalue weighted by Gasteiger charge is -2.18. The molecule has 0 heterocycles. The molecule has 2 aromatic rings. The SMILES string of the molecule is Cc1cccc(CC/C=C/[C@@H]2[C@H]3CC(CCCCC(=O)Nc4ccccc4)=C[C@H]3C[C@H]2O)c1. The van der Waals surface area contributed by atoms with Crippen molar-refractivity contribution in [3.05, 3.63) is 89.5 Å². The van der Waals surface area contributed by atoms with Gasteiger partial charge < -0.3 is 10.4 Å². The molecule has 4 rings (SSSR count). The van der Waals surface area contributed by atoms with E-state index in [-0.39, 0.29) is 17.9 Å². The quantitative estimate of drug-likeness (QED) is 0.320. The van der Waals surface area contributed by atoms with E-state index < -0.39 is 0 Å². The van der Waals surface area contributed by atoms with Gasteiger partial charge in [-0.1, -0.05) is 71.8 Å². The van der Waals surface area contributed by atoms with Gasteiger partial charge in [-0.25, -0.2) is 0 Å². The van der Waals surface area contributed by atoms with Crippen molar-refractivity contribution in [2.45, 2.75) is 64.4 Å². The smallest absolute Gasteiger partial charge is 0.224 e. The van der Waals surface area contributed by atoms with Crippen LogP contribution in [0.3, 0.4) is 0 Å². The first kappa shape index (κ1) is 23.5. The molecule has 0 unspecified atom stereocenters. The average molecular weight is 444 g/mol. The molecule has 0 bridgehead atoms. The van der Waals surface area contributed by atoms with E-state index in [4.69, 9.17) is 0 Å². The Bertz CT molecular complexity index is 978. The molecule has 1 fully saturated rings. The van der Waals surface area contributed by atoms with Gasteiger partial charge >= 0.3 is 0 Å². The van der Waals surface area contributed by atoms with Crippen LogP contribution < -0.4 is 5.32 Å². The van der Waals surface area contributed by atoms with E-state index in [1.807, 2.05) is 30.3 Å². The minimum absolute atomic E-state index is 0.0949. The Morgan fingerprint density at radius 1 is 1.09 bits per heavy atom. The summed E-state index contributed by atoms with van der Waals surface area (Å²) in [5.41, 5.74) is 5.09. The maximum atomic E-state index is 12.1. The summed E-state index contributed by atoms with van der Waals surface area (Å²) in [5.74, 6) is 1.43. The Hall–Kier alpha value is -2.65. The zero-order chi connectivity index (χ0) is 23.0. The number of anilines is 1. The van der Waals surface area contributed by atoms with E-state index in [1.165, 1.54) is 16.7 Å². The number of rotatable bonds is 10. The standard InChI is InChI=1S/C30H37NO2/c1-22-10-9-13-23(18-22)11-5-7-16-27-28-20-24(19-25(28)21-29(27)32)12-6-8-17-30(33)31-26-14-3-2-4-15-26/h2-4,7,9-10,13-16,18-19,25,27-29,32H,5-6,8,11-12,17,20-21H2,1H3,(H,31,33)/b16-7+/t25-,27+,28-,29+/m0/s1. The van der Waals surface area contributed by atoms with Crippen LogP contribution in [0.25, 0.3) is 0 Å². The highest BCUT2D eigenvalue weighted by molar-refractivity contribution is 5.90. The fraction of sp³-hybridized carbons (Fsp3) is 0.433. The van der Waals surface area contributed by atoms with Crippen molar-refractivity contribution in [2.75, 3.05) is 5.32 Å². The van der Waals surface area contributed by atoms with E-state index in [0.29, 0.717) is 18.3 Å². The van der Waals surface area contributed by atoms with Gasteiger partial charge in [-0.05, 0) is 81.4 Å². The van der Waals surface area contributed by atoms with Crippen molar-refractivity contribution in [2.24, 2.45) is 17.8 Å². The number of allylic oxidation sites excluding steroid dienone is 3. The lowest BCUT2D eigenvalue weighted by molar-refractivity contribution is -0.116. The van der Waals surface area contributed by atoms with Crippen LogP contribution in [0.5, 0.6) is 0 Å². The van der Waals surface area contributed by atoms with Crippen molar-refractivity contribution in [3.63, 3.8) is 0 Å². The van der Waals surface area contributed by atoms with E-state index in [2.05, 4.69) is 54.7 Å². The summed E-state index contributed by atoms with van der Waals surface area (Å²) in [4.78, 5) is 12.1. The Labute approximate surface area is 198 Å². The third kappa shape index (κ3) is 6.68. The average Bonchev–Trinajstić information content (AvgIpc) is 3.32. The third-order valence-electron chi connectivity index (χ3n) is 7.20.